The van der Waals surface area contributed by atoms with Crippen LogP contribution in [-0.2, 0) is 13.2 Å². The molecule has 1 aromatic carbocycles. The first-order valence-corrected chi connectivity index (χ1v) is 6.60. The Balaban J connectivity index is 2.11. The molecule has 0 aliphatic rings. The summed E-state index contributed by atoms with van der Waals surface area (Å²) in [5, 5.41) is 4.12. The normalized spacial score (nSPS) is 12.4. The Morgan fingerprint density at radius 1 is 1.32 bits per heavy atom. The molecule has 1 heterocycles. The van der Waals surface area contributed by atoms with Crippen molar-refractivity contribution in [2.24, 2.45) is 5.73 Å². The van der Waals surface area contributed by atoms with Crippen LogP contribution >= 0.6 is 0 Å². The Hall–Kier alpha value is -1.88. The molecule has 5 heteroatoms. The van der Waals surface area contributed by atoms with Gasteiger partial charge in [-0.05, 0) is 19.4 Å². The predicted octanol–water partition coefficient (Wildman–Crippen LogP) is 2.29. The summed E-state index contributed by atoms with van der Waals surface area (Å²) in [6.45, 7) is 5.28. The Bertz CT molecular complexity index is 524. The van der Waals surface area contributed by atoms with E-state index >= 15 is 0 Å². The summed E-state index contributed by atoms with van der Waals surface area (Å²) >= 11 is 0. The number of aromatic nitrogens is 3. The molecule has 1 aromatic heterocycles. The van der Waals surface area contributed by atoms with Gasteiger partial charge in [-0.25, -0.2) is 9.67 Å². The number of nitrogens with two attached hydrogens (primary N) is 1. The highest BCUT2D eigenvalue weighted by atomic mass is 16.5. The molecule has 102 valence electrons. The lowest BCUT2D eigenvalue weighted by molar-refractivity contribution is 0.282. The highest BCUT2D eigenvalue weighted by Crippen LogP contribution is 2.25. The van der Waals surface area contributed by atoms with E-state index in [1.54, 1.807) is 6.33 Å². The van der Waals surface area contributed by atoms with Crippen molar-refractivity contribution in [2.45, 2.75) is 39.5 Å². The molecule has 0 spiro atoms. The quantitative estimate of drug-likeness (QED) is 0.865. The molecule has 5 nitrogen and oxygen atoms in total. The second-order valence-electron chi connectivity index (χ2n) is 4.33. The molecule has 0 aliphatic heterocycles. The third-order valence-electron chi connectivity index (χ3n) is 3.11. The zero-order valence-corrected chi connectivity index (χ0v) is 11.4. The van der Waals surface area contributed by atoms with Crippen LogP contribution < -0.4 is 10.5 Å². The first kappa shape index (κ1) is 13.5. The van der Waals surface area contributed by atoms with Gasteiger partial charge in [0.1, 0.15) is 18.7 Å². The van der Waals surface area contributed by atoms with E-state index < -0.39 is 0 Å². The number of para-hydroxylation sites is 1. The van der Waals surface area contributed by atoms with Crippen molar-refractivity contribution in [3.63, 3.8) is 0 Å². The van der Waals surface area contributed by atoms with Gasteiger partial charge in [0, 0.05) is 18.2 Å². The SMILES string of the molecule is CC[C@H](N)c1ccccc1OCc1ncnn1CC. The van der Waals surface area contributed by atoms with E-state index in [1.165, 1.54) is 0 Å². The van der Waals surface area contributed by atoms with E-state index in [0.29, 0.717) is 6.61 Å². The summed E-state index contributed by atoms with van der Waals surface area (Å²) in [7, 11) is 0. The molecule has 2 N–H and O–H groups in total. The first-order valence-electron chi connectivity index (χ1n) is 6.60. The Labute approximate surface area is 113 Å². The van der Waals surface area contributed by atoms with Gasteiger partial charge in [-0.1, -0.05) is 25.1 Å². The number of benzene rings is 1. The maximum Gasteiger partial charge on any atom is 0.164 e. The molecular formula is C14H20N4O. The second kappa shape index (κ2) is 6.33. The van der Waals surface area contributed by atoms with E-state index in [0.717, 1.165) is 30.1 Å². The summed E-state index contributed by atoms with van der Waals surface area (Å²) < 4.78 is 7.67. The molecule has 1 atom stereocenters. The van der Waals surface area contributed by atoms with Crippen molar-refractivity contribution in [3.05, 3.63) is 42.0 Å². The second-order valence-corrected chi connectivity index (χ2v) is 4.33. The van der Waals surface area contributed by atoms with E-state index in [9.17, 15) is 0 Å². The van der Waals surface area contributed by atoms with Crippen LogP contribution in [0.3, 0.4) is 0 Å². The lowest BCUT2D eigenvalue weighted by atomic mass is 10.0. The van der Waals surface area contributed by atoms with Crippen LogP contribution in [0.25, 0.3) is 0 Å². The highest BCUT2D eigenvalue weighted by molar-refractivity contribution is 5.35. The van der Waals surface area contributed by atoms with E-state index in [2.05, 4.69) is 17.0 Å². The third-order valence-corrected chi connectivity index (χ3v) is 3.11. The van der Waals surface area contributed by atoms with Crippen LogP contribution in [0.2, 0.25) is 0 Å². The standard InChI is InChI=1S/C14H20N4O/c1-3-12(15)11-7-5-6-8-13(11)19-9-14-16-10-17-18(14)4-2/h5-8,10,12H,3-4,9,15H2,1-2H3/t12-/m0/s1. The first-order chi connectivity index (χ1) is 9.26. The number of ether oxygens (including phenoxy) is 1. The van der Waals surface area contributed by atoms with Crippen molar-refractivity contribution in [1.82, 2.24) is 14.8 Å². The van der Waals surface area contributed by atoms with Gasteiger partial charge in [0.05, 0.1) is 0 Å². The van der Waals surface area contributed by atoms with Crippen molar-refractivity contribution in [3.8, 4) is 5.75 Å². The monoisotopic (exact) mass is 260 g/mol. The summed E-state index contributed by atoms with van der Waals surface area (Å²) in [5.74, 6) is 1.64. The highest BCUT2D eigenvalue weighted by Gasteiger charge is 2.11. The summed E-state index contributed by atoms with van der Waals surface area (Å²) in [6, 6.07) is 7.88. The van der Waals surface area contributed by atoms with Gasteiger partial charge < -0.3 is 10.5 Å². The molecule has 0 aliphatic carbocycles. The Morgan fingerprint density at radius 2 is 2.11 bits per heavy atom. The predicted molar refractivity (Wildman–Crippen MR) is 73.7 cm³/mol. The van der Waals surface area contributed by atoms with Gasteiger partial charge in [-0.2, -0.15) is 5.10 Å². The summed E-state index contributed by atoms with van der Waals surface area (Å²) in [6.07, 6.45) is 2.43. The number of hydrogen-bond donors (Lipinski definition) is 1. The van der Waals surface area contributed by atoms with Crippen LogP contribution in [0.5, 0.6) is 5.75 Å². The molecule has 0 fully saturated rings. The van der Waals surface area contributed by atoms with Gasteiger partial charge in [0.2, 0.25) is 0 Å². The lowest BCUT2D eigenvalue weighted by Crippen LogP contribution is -2.12. The van der Waals surface area contributed by atoms with Crippen molar-refractivity contribution < 1.29 is 4.74 Å². The molecule has 0 bridgehead atoms. The maximum absolute atomic E-state index is 6.09. The van der Waals surface area contributed by atoms with E-state index in [4.69, 9.17) is 10.5 Å². The average Bonchev–Trinajstić information content (AvgIpc) is 2.92. The van der Waals surface area contributed by atoms with E-state index in [1.807, 2.05) is 35.9 Å². The van der Waals surface area contributed by atoms with Crippen LogP contribution in [0.1, 0.15) is 37.7 Å². The number of nitrogens with zero attached hydrogens (tertiary/aromatic N) is 3. The molecule has 0 saturated heterocycles. The van der Waals surface area contributed by atoms with Crippen LogP contribution in [0.4, 0.5) is 0 Å². The maximum atomic E-state index is 6.09. The van der Waals surface area contributed by atoms with Crippen molar-refractivity contribution >= 4 is 0 Å². The zero-order valence-electron chi connectivity index (χ0n) is 11.4. The Morgan fingerprint density at radius 3 is 2.84 bits per heavy atom. The fourth-order valence-electron chi connectivity index (χ4n) is 1.94. The molecule has 0 amide bonds. The molecule has 0 radical (unpaired) electrons. The van der Waals surface area contributed by atoms with Gasteiger partial charge in [-0.15, -0.1) is 0 Å². The number of rotatable bonds is 6. The molecule has 0 unspecified atom stereocenters. The molecule has 19 heavy (non-hydrogen) atoms. The summed E-state index contributed by atoms with van der Waals surface area (Å²) in [5.41, 5.74) is 7.12. The molecule has 0 saturated carbocycles. The molecular weight excluding hydrogens is 240 g/mol. The summed E-state index contributed by atoms with van der Waals surface area (Å²) in [4.78, 5) is 4.19. The van der Waals surface area contributed by atoms with Crippen LogP contribution in [0, 0.1) is 0 Å². The number of hydrogen-bond acceptors (Lipinski definition) is 4. The molecule has 2 rings (SSSR count). The van der Waals surface area contributed by atoms with Gasteiger partial charge in [0.15, 0.2) is 5.82 Å². The fraction of sp³-hybridized carbons (Fsp3) is 0.429. The minimum Gasteiger partial charge on any atom is -0.485 e. The van der Waals surface area contributed by atoms with Gasteiger partial charge >= 0.3 is 0 Å². The van der Waals surface area contributed by atoms with Gasteiger partial charge in [-0.3, -0.25) is 0 Å². The van der Waals surface area contributed by atoms with E-state index in [-0.39, 0.29) is 6.04 Å². The molecule has 2 aromatic rings. The third kappa shape index (κ3) is 3.12. The van der Waals surface area contributed by atoms with Crippen LogP contribution in [-0.4, -0.2) is 14.8 Å². The smallest absolute Gasteiger partial charge is 0.164 e. The fourth-order valence-corrected chi connectivity index (χ4v) is 1.94. The Kier molecular flexibility index (Phi) is 4.52. The van der Waals surface area contributed by atoms with Gasteiger partial charge in [0.25, 0.3) is 0 Å². The number of aryl methyl sites for hydroxylation is 1. The van der Waals surface area contributed by atoms with Crippen molar-refractivity contribution in [2.75, 3.05) is 0 Å². The average molecular weight is 260 g/mol. The minimum atomic E-state index is 0.000227. The minimum absolute atomic E-state index is 0.000227. The zero-order chi connectivity index (χ0) is 13.7. The van der Waals surface area contributed by atoms with Crippen LogP contribution in [0.15, 0.2) is 30.6 Å². The topological polar surface area (TPSA) is 66.0 Å². The largest absolute Gasteiger partial charge is 0.485 e. The lowest BCUT2D eigenvalue weighted by Gasteiger charge is -2.15. The van der Waals surface area contributed by atoms with Crippen molar-refractivity contribution in [1.29, 1.82) is 0 Å².